The van der Waals surface area contributed by atoms with Gasteiger partial charge in [0.2, 0.25) is 5.91 Å². The van der Waals surface area contributed by atoms with Crippen molar-refractivity contribution in [2.45, 2.75) is 25.6 Å². The third kappa shape index (κ3) is 3.51. The van der Waals surface area contributed by atoms with Gasteiger partial charge in [-0.2, -0.15) is 0 Å². The highest BCUT2D eigenvalue weighted by Crippen LogP contribution is 2.24. The quantitative estimate of drug-likeness (QED) is 0.883. The maximum Gasteiger partial charge on any atom is 0.237 e. The van der Waals surface area contributed by atoms with E-state index in [4.69, 9.17) is 9.47 Å². The van der Waals surface area contributed by atoms with Crippen molar-refractivity contribution in [1.29, 1.82) is 0 Å². The fourth-order valence-electron chi connectivity index (χ4n) is 2.94. The van der Waals surface area contributed by atoms with Gasteiger partial charge in [-0.25, -0.2) is 0 Å². The van der Waals surface area contributed by atoms with Crippen molar-refractivity contribution in [1.82, 2.24) is 10.6 Å². The van der Waals surface area contributed by atoms with Crippen molar-refractivity contribution in [2.24, 2.45) is 0 Å². The molecule has 2 aromatic rings. The summed E-state index contributed by atoms with van der Waals surface area (Å²) in [5, 5.41) is 6.28. The first kappa shape index (κ1) is 16.3. The van der Waals surface area contributed by atoms with Crippen LogP contribution in [-0.4, -0.2) is 26.2 Å². The van der Waals surface area contributed by atoms with Crippen LogP contribution in [-0.2, 0) is 24.3 Å². The molecule has 1 aliphatic rings. The molecule has 1 heterocycles. The highest BCUT2D eigenvalue weighted by Gasteiger charge is 2.23. The van der Waals surface area contributed by atoms with Gasteiger partial charge in [0.05, 0.1) is 20.3 Å². The molecule has 24 heavy (non-hydrogen) atoms. The Hall–Kier alpha value is -2.53. The van der Waals surface area contributed by atoms with Crippen LogP contribution in [0.3, 0.4) is 0 Å². The summed E-state index contributed by atoms with van der Waals surface area (Å²) in [4.78, 5) is 12.5. The summed E-state index contributed by atoms with van der Waals surface area (Å²) in [6.07, 6.45) is 0.710. The molecule has 2 aromatic carbocycles. The van der Waals surface area contributed by atoms with Gasteiger partial charge in [0.25, 0.3) is 0 Å². The topological polar surface area (TPSA) is 59.6 Å². The Morgan fingerprint density at radius 3 is 2.71 bits per heavy atom. The predicted octanol–water partition coefficient (Wildman–Crippen LogP) is 2.03. The standard InChI is InChI=1S/C19H22N2O3/c1-23-16-8-7-15(18(10-16)24-2)12-21-19(22)17-9-13-5-3-4-6-14(13)11-20-17/h3-8,10,17,20H,9,11-12H2,1-2H3,(H,21,22). The molecule has 1 amide bonds. The first-order chi connectivity index (χ1) is 11.7. The molecule has 3 rings (SSSR count). The highest BCUT2D eigenvalue weighted by molar-refractivity contribution is 5.82. The van der Waals surface area contributed by atoms with Gasteiger partial charge in [0.15, 0.2) is 0 Å². The molecule has 0 saturated carbocycles. The van der Waals surface area contributed by atoms with Crippen molar-refractivity contribution in [3.63, 3.8) is 0 Å². The van der Waals surface area contributed by atoms with Crippen LogP contribution in [0.25, 0.3) is 0 Å². The molecule has 0 fully saturated rings. The Kier molecular flexibility index (Phi) is 5.01. The molecule has 0 aromatic heterocycles. The molecule has 126 valence electrons. The number of carbonyl (C=O) groups is 1. The summed E-state index contributed by atoms with van der Waals surface area (Å²) in [7, 11) is 3.22. The van der Waals surface area contributed by atoms with E-state index in [0.717, 1.165) is 17.9 Å². The number of benzene rings is 2. The third-order valence-electron chi connectivity index (χ3n) is 4.35. The fraction of sp³-hybridized carbons (Fsp3) is 0.316. The zero-order valence-electron chi connectivity index (χ0n) is 14.0. The molecular formula is C19H22N2O3. The molecule has 0 spiro atoms. The predicted molar refractivity (Wildman–Crippen MR) is 92.2 cm³/mol. The second kappa shape index (κ2) is 7.36. The van der Waals surface area contributed by atoms with E-state index in [1.807, 2.05) is 30.3 Å². The van der Waals surface area contributed by atoms with E-state index in [-0.39, 0.29) is 11.9 Å². The number of hydrogen-bond acceptors (Lipinski definition) is 4. The number of fused-ring (bicyclic) bond motifs is 1. The van der Waals surface area contributed by atoms with Gasteiger partial charge in [-0.1, -0.05) is 24.3 Å². The van der Waals surface area contributed by atoms with Crippen LogP contribution in [0.5, 0.6) is 11.5 Å². The maximum absolute atomic E-state index is 12.5. The minimum Gasteiger partial charge on any atom is -0.497 e. The Bertz CT molecular complexity index is 730. The normalized spacial score (nSPS) is 16.2. The number of ether oxygens (including phenoxy) is 2. The molecule has 0 radical (unpaired) electrons. The zero-order valence-corrected chi connectivity index (χ0v) is 14.0. The van der Waals surface area contributed by atoms with E-state index in [1.54, 1.807) is 14.2 Å². The summed E-state index contributed by atoms with van der Waals surface area (Å²) >= 11 is 0. The Morgan fingerprint density at radius 1 is 1.17 bits per heavy atom. The summed E-state index contributed by atoms with van der Waals surface area (Å²) in [5.74, 6) is 1.44. The molecular weight excluding hydrogens is 304 g/mol. The van der Waals surface area contributed by atoms with Gasteiger partial charge < -0.3 is 20.1 Å². The van der Waals surface area contributed by atoms with E-state index in [9.17, 15) is 4.79 Å². The zero-order chi connectivity index (χ0) is 16.9. The SMILES string of the molecule is COc1ccc(CNC(=O)C2Cc3ccccc3CN2)c(OC)c1. The molecule has 1 unspecified atom stereocenters. The molecule has 1 atom stereocenters. The number of methoxy groups -OCH3 is 2. The Morgan fingerprint density at radius 2 is 1.96 bits per heavy atom. The second-order valence-electron chi connectivity index (χ2n) is 5.80. The number of hydrogen-bond donors (Lipinski definition) is 2. The van der Waals surface area contributed by atoms with E-state index in [0.29, 0.717) is 18.7 Å². The van der Waals surface area contributed by atoms with E-state index < -0.39 is 0 Å². The fourth-order valence-corrected chi connectivity index (χ4v) is 2.94. The van der Waals surface area contributed by atoms with Crippen LogP contribution in [0.1, 0.15) is 16.7 Å². The van der Waals surface area contributed by atoms with Crippen molar-refractivity contribution >= 4 is 5.91 Å². The van der Waals surface area contributed by atoms with E-state index in [1.165, 1.54) is 11.1 Å². The lowest BCUT2D eigenvalue weighted by molar-refractivity contribution is -0.123. The molecule has 5 nitrogen and oxygen atoms in total. The van der Waals surface area contributed by atoms with E-state index >= 15 is 0 Å². The largest absolute Gasteiger partial charge is 0.497 e. The average Bonchev–Trinajstić information content (AvgIpc) is 2.65. The second-order valence-corrected chi connectivity index (χ2v) is 5.80. The minimum absolute atomic E-state index is 0.00220. The molecule has 0 bridgehead atoms. The number of carbonyl (C=O) groups excluding carboxylic acids is 1. The number of nitrogens with one attached hydrogen (secondary N) is 2. The van der Waals surface area contributed by atoms with Gasteiger partial charge in [-0.3, -0.25) is 4.79 Å². The maximum atomic E-state index is 12.5. The van der Waals surface area contributed by atoms with Crippen molar-refractivity contribution in [3.05, 3.63) is 59.2 Å². The summed E-state index contributed by atoms with van der Waals surface area (Å²) in [6, 6.07) is 13.6. The minimum atomic E-state index is -0.204. The first-order valence-electron chi connectivity index (χ1n) is 8.00. The first-order valence-corrected chi connectivity index (χ1v) is 8.00. The molecule has 0 aliphatic carbocycles. The third-order valence-corrected chi connectivity index (χ3v) is 4.35. The summed E-state index contributed by atoms with van der Waals surface area (Å²) in [5.41, 5.74) is 3.42. The molecule has 1 aliphatic heterocycles. The summed E-state index contributed by atoms with van der Waals surface area (Å²) < 4.78 is 10.6. The number of rotatable bonds is 5. The highest BCUT2D eigenvalue weighted by atomic mass is 16.5. The summed E-state index contributed by atoms with van der Waals surface area (Å²) in [6.45, 7) is 1.14. The Balaban J connectivity index is 1.62. The van der Waals surface area contributed by atoms with Crippen molar-refractivity contribution in [3.8, 4) is 11.5 Å². The van der Waals surface area contributed by atoms with Crippen molar-refractivity contribution in [2.75, 3.05) is 14.2 Å². The van der Waals surface area contributed by atoms with Crippen LogP contribution in [0, 0.1) is 0 Å². The molecule has 0 saturated heterocycles. The van der Waals surface area contributed by atoms with E-state index in [2.05, 4.69) is 22.8 Å². The van der Waals surface area contributed by atoms with Gasteiger partial charge in [-0.05, 0) is 29.7 Å². The van der Waals surface area contributed by atoms with Crippen molar-refractivity contribution < 1.29 is 14.3 Å². The smallest absolute Gasteiger partial charge is 0.237 e. The number of amides is 1. The average molecular weight is 326 g/mol. The van der Waals surface area contributed by atoms with Crippen LogP contribution < -0.4 is 20.1 Å². The van der Waals surface area contributed by atoms with Gasteiger partial charge in [0.1, 0.15) is 11.5 Å². The molecule has 5 heteroatoms. The lowest BCUT2D eigenvalue weighted by Crippen LogP contribution is -2.47. The lowest BCUT2D eigenvalue weighted by atomic mass is 9.95. The monoisotopic (exact) mass is 326 g/mol. The van der Waals surface area contributed by atoms with Gasteiger partial charge in [0, 0.05) is 24.7 Å². The van der Waals surface area contributed by atoms with Crippen LogP contribution in [0.4, 0.5) is 0 Å². The van der Waals surface area contributed by atoms with Gasteiger partial charge in [-0.15, -0.1) is 0 Å². The lowest BCUT2D eigenvalue weighted by Gasteiger charge is -2.25. The van der Waals surface area contributed by atoms with Crippen LogP contribution >= 0.6 is 0 Å². The Labute approximate surface area is 142 Å². The van der Waals surface area contributed by atoms with Crippen LogP contribution in [0.15, 0.2) is 42.5 Å². The molecule has 2 N–H and O–H groups in total. The van der Waals surface area contributed by atoms with Crippen LogP contribution in [0.2, 0.25) is 0 Å². The van der Waals surface area contributed by atoms with Gasteiger partial charge >= 0.3 is 0 Å².